The number of piperidine rings is 1. The Morgan fingerprint density at radius 2 is 1.86 bits per heavy atom. The van der Waals surface area contributed by atoms with Crippen LogP contribution in [0.3, 0.4) is 0 Å². The van der Waals surface area contributed by atoms with Crippen molar-refractivity contribution in [3.05, 3.63) is 58.4 Å². The monoisotopic (exact) mass is 525 g/mol. The van der Waals surface area contributed by atoms with Crippen LogP contribution in [0.15, 0.2) is 52.4 Å². The van der Waals surface area contributed by atoms with Crippen molar-refractivity contribution in [1.82, 2.24) is 8.87 Å². The lowest BCUT2D eigenvalue weighted by Crippen LogP contribution is -2.40. The first-order valence-electron chi connectivity index (χ1n) is 11.6. The third kappa shape index (κ3) is 5.28. The predicted molar refractivity (Wildman–Crippen MR) is 138 cm³/mol. The van der Waals surface area contributed by atoms with Crippen LogP contribution in [0.4, 0.5) is 0 Å². The molecule has 1 amide bonds. The van der Waals surface area contributed by atoms with Gasteiger partial charge in [0.1, 0.15) is 0 Å². The third-order valence-electron chi connectivity index (χ3n) is 6.11. The average Bonchev–Trinajstić information content (AvgIpc) is 3.20. The molecular weight excluding hydrogens is 498 g/mol. The highest BCUT2D eigenvalue weighted by atomic mass is 32.2. The number of aryl methyl sites for hydroxylation is 1. The number of benzene rings is 2. The molecule has 0 N–H and O–H groups in total. The second-order valence-electron chi connectivity index (χ2n) is 8.52. The normalized spacial score (nSPS) is 15.6. The van der Waals surface area contributed by atoms with Crippen LogP contribution >= 0.6 is 11.3 Å². The molecule has 2 heterocycles. The van der Waals surface area contributed by atoms with Crippen LogP contribution in [-0.4, -0.2) is 48.9 Å². The van der Waals surface area contributed by atoms with Crippen LogP contribution in [0.5, 0.6) is 0 Å². The molecule has 1 aromatic heterocycles. The standard InChI is InChI=1S/C26H27N3O5S2/c1-4-14-29-22-11-8-20(25(31)34-5-2)17-23(22)35-26(29)27-24(30)19-12-15-28(16-13-19)36(32,33)21-9-6-18(3)7-10-21/h1,6-11,17,19H,5,12-16H2,2-3H3. The number of ether oxygens (including phenoxy) is 1. The van der Waals surface area contributed by atoms with Crippen LogP contribution in [0.1, 0.15) is 35.7 Å². The minimum absolute atomic E-state index is 0.220. The SMILES string of the molecule is C#CCn1c(=NC(=O)C2CCN(S(=O)(=O)c3ccc(C)cc3)CC2)sc2cc(C(=O)OCC)ccc21. The summed E-state index contributed by atoms with van der Waals surface area (Å²) in [7, 11) is -3.60. The van der Waals surface area contributed by atoms with Gasteiger partial charge >= 0.3 is 5.97 Å². The molecule has 1 aliphatic rings. The third-order valence-corrected chi connectivity index (χ3v) is 9.07. The van der Waals surface area contributed by atoms with Gasteiger partial charge in [0.15, 0.2) is 4.80 Å². The van der Waals surface area contributed by atoms with E-state index in [0.29, 0.717) is 23.2 Å². The van der Waals surface area contributed by atoms with Gasteiger partial charge in [-0.3, -0.25) is 4.79 Å². The lowest BCUT2D eigenvalue weighted by Gasteiger charge is -2.29. The summed E-state index contributed by atoms with van der Waals surface area (Å²) < 4.78 is 35.0. The summed E-state index contributed by atoms with van der Waals surface area (Å²) in [6.07, 6.45) is 6.33. The van der Waals surface area contributed by atoms with Gasteiger partial charge in [-0.25, -0.2) is 13.2 Å². The molecule has 0 bridgehead atoms. The maximum absolute atomic E-state index is 13.1. The Kier molecular flexibility index (Phi) is 7.73. The van der Waals surface area contributed by atoms with E-state index in [0.717, 1.165) is 15.8 Å². The molecule has 0 saturated carbocycles. The molecule has 2 aromatic carbocycles. The number of hydrogen-bond acceptors (Lipinski definition) is 6. The van der Waals surface area contributed by atoms with Gasteiger partial charge in [0, 0.05) is 19.0 Å². The van der Waals surface area contributed by atoms with E-state index >= 15 is 0 Å². The first-order valence-corrected chi connectivity index (χ1v) is 13.9. The summed E-state index contributed by atoms with van der Waals surface area (Å²) in [6.45, 7) is 4.65. The number of carbonyl (C=O) groups excluding carboxylic acids is 2. The van der Waals surface area contributed by atoms with E-state index in [2.05, 4.69) is 10.9 Å². The van der Waals surface area contributed by atoms with Gasteiger partial charge in [-0.2, -0.15) is 9.30 Å². The van der Waals surface area contributed by atoms with Crippen molar-refractivity contribution in [2.45, 2.75) is 38.1 Å². The quantitative estimate of drug-likeness (QED) is 0.363. The maximum atomic E-state index is 13.1. The van der Waals surface area contributed by atoms with Gasteiger partial charge in [0.2, 0.25) is 10.0 Å². The second-order valence-corrected chi connectivity index (χ2v) is 11.5. The zero-order valence-electron chi connectivity index (χ0n) is 20.1. The fraction of sp³-hybridized carbons (Fsp3) is 0.346. The van der Waals surface area contributed by atoms with Crippen LogP contribution in [0, 0.1) is 25.2 Å². The zero-order valence-corrected chi connectivity index (χ0v) is 21.8. The summed E-state index contributed by atoms with van der Waals surface area (Å²) in [4.78, 5) is 30.2. The number of carbonyl (C=O) groups is 2. The molecule has 0 unspecified atom stereocenters. The first-order chi connectivity index (χ1) is 17.2. The van der Waals surface area contributed by atoms with Gasteiger partial charge < -0.3 is 9.30 Å². The molecule has 4 rings (SSSR count). The van der Waals surface area contributed by atoms with E-state index in [9.17, 15) is 18.0 Å². The Balaban J connectivity index is 1.54. The number of terminal acetylenes is 1. The van der Waals surface area contributed by atoms with Crippen LogP contribution in [0.25, 0.3) is 10.2 Å². The van der Waals surface area contributed by atoms with E-state index in [1.165, 1.54) is 15.6 Å². The highest BCUT2D eigenvalue weighted by Crippen LogP contribution is 2.25. The number of aromatic nitrogens is 1. The lowest BCUT2D eigenvalue weighted by atomic mass is 9.98. The molecule has 1 saturated heterocycles. The molecule has 0 atom stereocenters. The smallest absolute Gasteiger partial charge is 0.338 e. The molecule has 0 aliphatic carbocycles. The summed E-state index contributed by atoms with van der Waals surface area (Å²) in [5.41, 5.74) is 2.18. The van der Waals surface area contributed by atoms with Gasteiger partial charge in [0.25, 0.3) is 5.91 Å². The molecule has 36 heavy (non-hydrogen) atoms. The Labute approximate surface area is 214 Å². The van der Waals surface area contributed by atoms with Crippen molar-refractivity contribution in [3.8, 4) is 12.3 Å². The van der Waals surface area contributed by atoms with E-state index in [-0.39, 0.29) is 43.0 Å². The topological polar surface area (TPSA) is 98.0 Å². The fourth-order valence-corrected chi connectivity index (χ4v) is 6.68. The molecule has 10 heteroatoms. The van der Waals surface area contributed by atoms with Crippen LogP contribution < -0.4 is 4.80 Å². The van der Waals surface area contributed by atoms with Crippen molar-refractivity contribution in [2.75, 3.05) is 19.7 Å². The van der Waals surface area contributed by atoms with E-state index in [1.54, 1.807) is 54.0 Å². The molecule has 0 spiro atoms. The van der Waals surface area contributed by atoms with Crippen LogP contribution in [0.2, 0.25) is 0 Å². The van der Waals surface area contributed by atoms with Crippen molar-refractivity contribution in [3.63, 3.8) is 0 Å². The number of rotatable bonds is 6. The summed E-state index contributed by atoms with van der Waals surface area (Å²) in [5.74, 6) is 1.49. The van der Waals surface area contributed by atoms with Gasteiger partial charge in [-0.05, 0) is 57.0 Å². The highest BCUT2D eigenvalue weighted by molar-refractivity contribution is 7.89. The number of esters is 1. The Bertz CT molecular complexity index is 1500. The number of thiazole rings is 1. The Morgan fingerprint density at radius 3 is 2.50 bits per heavy atom. The lowest BCUT2D eigenvalue weighted by molar-refractivity contribution is -0.122. The first kappa shape index (κ1) is 25.8. The van der Waals surface area contributed by atoms with Crippen molar-refractivity contribution in [2.24, 2.45) is 10.9 Å². The van der Waals surface area contributed by atoms with E-state index < -0.39 is 16.0 Å². The molecule has 188 valence electrons. The Morgan fingerprint density at radius 1 is 1.17 bits per heavy atom. The fourth-order valence-electron chi connectivity index (χ4n) is 4.13. The minimum Gasteiger partial charge on any atom is -0.462 e. The Hall–Kier alpha value is -3.26. The van der Waals surface area contributed by atoms with Crippen LogP contribution in [-0.2, 0) is 26.1 Å². The summed E-state index contributed by atoms with van der Waals surface area (Å²) in [6, 6.07) is 11.9. The van der Waals surface area contributed by atoms with Crippen molar-refractivity contribution in [1.29, 1.82) is 0 Å². The second kappa shape index (κ2) is 10.8. The molecular formula is C26H27N3O5S2. The zero-order chi connectivity index (χ0) is 25.9. The molecule has 8 nitrogen and oxygen atoms in total. The van der Waals surface area contributed by atoms with Gasteiger partial charge in [-0.1, -0.05) is 35.0 Å². The average molecular weight is 526 g/mol. The number of amides is 1. The van der Waals surface area contributed by atoms with Crippen molar-refractivity contribution < 1.29 is 22.7 Å². The number of hydrogen-bond donors (Lipinski definition) is 0. The van der Waals surface area contributed by atoms with E-state index in [1.807, 2.05) is 6.92 Å². The highest BCUT2D eigenvalue weighted by Gasteiger charge is 2.32. The molecule has 1 aliphatic heterocycles. The number of sulfonamides is 1. The number of nitrogens with zero attached hydrogens (tertiary/aromatic N) is 3. The molecule has 1 fully saturated rings. The molecule has 3 aromatic rings. The largest absolute Gasteiger partial charge is 0.462 e. The summed E-state index contributed by atoms with van der Waals surface area (Å²) in [5, 5.41) is 0. The maximum Gasteiger partial charge on any atom is 0.338 e. The van der Waals surface area contributed by atoms with Gasteiger partial charge in [0.05, 0.1) is 33.8 Å². The summed E-state index contributed by atoms with van der Waals surface area (Å²) >= 11 is 1.27. The number of fused-ring (bicyclic) bond motifs is 1. The minimum atomic E-state index is -3.60. The van der Waals surface area contributed by atoms with Gasteiger partial charge in [-0.15, -0.1) is 6.42 Å². The van der Waals surface area contributed by atoms with Crippen molar-refractivity contribution >= 4 is 43.5 Å². The predicted octanol–water partition coefficient (Wildman–Crippen LogP) is 3.35. The van der Waals surface area contributed by atoms with E-state index in [4.69, 9.17) is 11.2 Å². The molecule has 0 radical (unpaired) electrons.